The second-order valence-electron chi connectivity index (χ2n) is 3.72. The molecule has 0 aliphatic rings. The SMILES string of the molecule is CNc1ccc(C(=O)NCc2ccncc2)nc1. The van der Waals surface area contributed by atoms with Gasteiger partial charge in [-0.15, -0.1) is 0 Å². The minimum Gasteiger partial charge on any atom is -0.387 e. The fraction of sp³-hybridized carbons (Fsp3) is 0.154. The van der Waals surface area contributed by atoms with Crippen molar-refractivity contribution in [3.05, 3.63) is 54.1 Å². The van der Waals surface area contributed by atoms with E-state index in [0.717, 1.165) is 11.3 Å². The average molecular weight is 242 g/mol. The van der Waals surface area contributed by atoms with Crippen LogP contribution in [0.25, 0.3) is 0 Å². The number of rotatable bonds is 4. The lowest BCUT2D eigenvalue weighted by molar-refractivity contribution is 0.0946. The molecule has 5 heteroatoms. The van der Waals surface area contributed by atoms with Crippen LogP contribution < -0.4 is 10.6 Å². The van der Waals surface area contributed by atoms with Crippen LogP contribution in [0.3, 0.4) is 0 Å². The molecule has 2 aromatic heterocycles. The van der Waals surface area contributed by atoms with E-state index in [4.69, 9.17) is 0 Å². The summed E-state index contributed by atoms with van der Waals surface area (Å²) in [5, 5.41) is 5.75. The maximum absolute atomic E-state index is 11.8. The first kappa shape index (κ1) is 12.0. The molecule has 0 atom stereocenters. The molecule has 18 heavy (non-hydrogen) atoms. The first-order chi connectivity index (χ1) is 8.79. The van der Waals surface area contributed by atoms with Gasteiger partial charge in [0.1, 0.15) is 5.69 Å². The van der Waals surface area contributed by atoms with E-state index in [2.05, 4.69) is 20.6 Å². The Balaban J connectivity index is 1.95. The lowest BCUT2D eigenvalue weighted by Gasteiger charge is -2.05. The van der Waals surface area contributed by atoms with Crippen molar-refractivity contribution in [3.8, 4) is 0 Å². The summed E-state index contributed by atoms with van der Waals surface area (Å²) in [4.78, 5) is 19.8. The van der Waals surface area contributed by atoms with Gasteiger partial charge in [0.25, 0.3) is 5.91 Å². The molecule has 5 nitrogen and oxygen atoms in total. The number of aromatic nitrogens is 2. The number of nitrogens with zero attached hydrogens (tertiary/aromatic N) is 2. The van der Waals surface area contributed by atoms with Crippen LogP contribution >= 0.6 is 0 Å². The highest BCUT2D eigenvalue weighted by atomic mass is 16.1. The summed E-state index contributed by atoms with van der Waals surface area (Å²) in [5.41, 5.74) is 2.29. The van der Waals surface area contributed by atoms with Gasteiger partial charge in [0.15, 0.2) is 0 Å². The highest BCUT2D eigenvalue weighted by molar-refractivity contribution is 5.92. The fourth-order valence-electron chi connectivity index (χ4n) is 1.45. The highest BCUT2D eigenvalue weighted by Crippen LogP contribution is 2.05. The Bertz CT molecular complexity index is 510. The summed E-state index contributed by atoms with van der Waals surface area (Å²) < 4.78 is 0. The number of nitrogens with one attached hydrogen (secondary N) is 2. The van der Waals surface area contributed by atoms with Crippen LogP contribution in [-0.2, 0) is 6.54 Å². The minimum absolute atomic E-state index is 0.186. The van der Waals surface area contributed by atoms with Crippen LogP contribution in [0.15, 0.2) is 42.9 Å². The Labute approximate surface area is 105 Å². The molecule has 2 heterocycles. The predicted molar refractivity (Wildman–Crippen MR) is 69.2 cm³/mol. The van der Waals surface area contributed by atoms with Crippen LogP contribution in [0.1, 0.15) is 16.1 Å². The van der Waals surface area contributed by atoms with E-state index in [1.807, 2.05) is 18.2 Å². The molecule has 0 aliphatic heterocycles. The molecule has 92 valence electrons. The van der Waals surface area contributed by atoms with E-state index in [-0.39, 0.29) is 5.91 Å². The maximum Gasteiger partial charge on any atom is 0.270 e. The number of hydrogen-bond donors (Lipinski definition) is 2. The van der Waals surface area contributed by atoms with Gasteiger partial charge in [-0.25, -0.2) is 4.98 Å². The van der Waals surface area contributed by atoms with E-state index in [1.54, 1.807) is 31.7 Å². The zero-order valence-corrected chi connectivity index (χ0v) is 10.1. The molecule has 0 aromatic carbocycles. The monoisotopic (exact) mass is 242 g/mol. The van der Waals surface area contributed by atoms with Crippen molar-refractivity contribution in [3.63, 3.8) is 0 Å². The van der Waals surface area contributed by atoms with Crippen LogP contribution in [0.2, 0.25) is 0 Å². The molecule has 1 amide bonds. The molecule has 2 N–H and O–H groups in total. The smallest absolute Gasteiger partial charge is 0.270 e. The number of anilines is 1. The third-order valence-electron chi connectivity index (χ3n) is 2.49. The van der Waals surface area contributed by atoms with Gasteiger partial charge in [-0.1, -0.05) is 0 Å². The summed E-state index contributed by atoms with van der Waals surface area (Å²) in [5.74, 6) is -0.186. The summed E-state index contributed by atoms with van der Waals surface area (Å²) in [7, 11) is 1.81. The van der Waals surface area contributed by atoms with Gasteiger partial charge in [-0.05, 0) is 29.8 Å². The van der Waals surface area contributed by atoms with Gasteiger partial charge in [0.2, 0.25) is 0 Å². The van der Waals surface area contributed by atoms with Crippen molar-refractivity contribution < 1.29 is 4.79 Å². The van der Waals surface area contributed by atoms with Crippen molar-refractivity contribution in [2.75, 3.05) is 12.4 Å². The first-order valence-electron chi connectivity index (χ1n) is 5.60. The Morgan fingerprint density at radius 2 is 2.00 bits per heavy atom. The number of amides is 1. The average Bonchev–Trinajstić information content (AvgIpc) is 2.46. The van der Waals surface area contributed by atoms with Gasteiger partial charge < -0.3 is 10.6 Å². The Hall–Kier alpha value is -2.43. The van der Waals surface area contributed by atoms with E-state index in [0.29, 0.717) is 12.2 Å². The molecule has 0 unspecified atom stereocenters. The third kappa shape index (κ3) is 3.04. The normalized spacial score (nSPS) is 9.83. The molecule has 0 saturated heterocycles. The summed E-state index contributed by atoms with van der Waals surface area (Å²) in [6.07, 6.45) is 5.02. The molecule has 2 aromatic rings. The van der Waals surface area contributed by atoms with Gasteiger partial charge in [0, 0.05) is 26.0 Å². The number of hydrogen-bond acceptors (Lipinski definition) is 4. The van der Waals surface area contributed by atoms with Gasteiger partial charge in [0.05, 0.1) is 11.9 Å². The molecule has 0 bridgehead atoms. The molecular formula is C13H14N4O. The zero-order chi connectivity index (χ0) is 12.8. The molecule has 0 saturated carbocycles. The van der Waals surface area contributed by atoms with E-state index >= 15 is 0 Å². The Kier molecular flexibility index (Phi) is 3.86. The van der Waals surface area contributed by atoms with E-state index in [1.165, 1.54) is 0 Å². The molecule has 0 radical (unpaired) electrons. The molecule has 2 rings (SSSR count). The topological polar surface area (TPSA) is 66.9 Å². The number of carbonyl (C=O) groups excluding carboxylic acids is 1. The standard InChI is InChI=1S/C13H14N4O/c1-14-11-2-3-12(16-9-11)13(18)17-8-10-4-6-15-7-5-10/h2-7,9,14H,8H2,1H3,(H,17,18). The van der Waals surface area contributed by atoms with Gasteiger partial charge in [-0.3, -0.25) is 9.78 Å². The largest absolute Gasteiger partial charge is 0.387 e. The lowest BCUT2D eigenvalue weighted by atomic mass is 10.2. The molecule has 0 aliphatic carbocycles. The maximum atomic E-state index is 11.8. The highest BCUT2D eigenvalue weighted by Gasteiger charge is 2.06. The van der Waals surface area contributed by atoms with Gasteiger partial charge in [-0.2, -0.15) is 0 Å². The zero-order valence-electron chi connectivity index (χ0n) is 10.1. The van der Waals surface area contributed by atoms with Crippen LogP contribution in [0, 0.1) is 0 Å². The van der Waals surface area contributed by atoms with Crippen LogP contribution in [0.5, 0.6) is 0 Å². The first-order valence-corrected chi connectivity index (χ1v) is 5.60. The lowest BCUT2D eigenvalue weighted by Crippen LogP contribution is -2.23. The van der Waals surface area contributed by atoms with Crippen LogP contribution in [-0.4, -0.2) is 22.9 Å². The molecular weight excluding hydrogens is 228 g/mol. The summed E-state index contributed by atoms with van der Waals surface area (Å²) in [6, 6.07) is 7.22. The van der Waals surface area contributed by atoms with Crippen LogP contribution in [0.4, 0.5) is 5.69 Å². The number of pyridine rings is 2. The van der Waals surface area contributed by atoms with E-state index < -0.39 is 0 Å². The minimum atomic E-state index is -0.186. The Morgan fingerprint density at radius 1 is 1.22 bits per heavy atom. The van der Waals surface area contributed by atoms with Crippen molar-refractivity contribution in [1.82, 2.24) is 15.3 Å². The van der Waals surface area contributed by atoms with Gasteiger partial charge >= 0.3 is 0 Å². The van der Waals surface area contributed by atoms with Crippen molar-refractivity contribution in [1.29, 1.82) is 0 Å². The van der Waals surface area contributed by atoms with Crippen molar-refractivity contribution >= 4 is 11.6 Å². The fourth-order valence-corrected chi connectivity index (χ4v) is 1.45. The summed E-state index contributed by atoms with van der Waals surface area (Å²) >= 11 is 0. The molecule has 0 fully saturated rings. The summed E-state index contributed by atoms with van der Waals surface area (Å²) in [6.45, 7) is 0.469. The quantitative estimate of drug-likeness (QED) is 0.851. The second-order valence-corrected chi connectivity index (χ2v) is 3.72. The van der Waals surface area contributed by atoms with Crippen molar-refractivity contribution in [2.45, 2.75) is 6.54 Å². The second kappa shape index (κ2) is 5.77. The third-order valence-corrected chi connectivity index (χ3v) is 2.49. The predicted octanol–water partition coefficient (Wildman–Crippen LogP) is 1.45. The Morgan fingerprint density at radius 3 is 2.61 bits per heavy atom. The van der Waals surface area contributed by atoms with Crippen molar-refractivity contribution in [2.24, 2.45) is 0 Å². The molecule has 0 spiro atoms. The number of carbonyl (C=O) groups is 1. The van der Waals surface area contributed by atoms with E-state index in [9.17, 15) is 4.79 Å².